The molecule has 0 saturated carbocycles. The van der Waals surface area contributed by atoms with Crippen LogP contribution in [0.5, 0.6) is 11.5 Å². The van der Waals surface area contributed by atoms with Gasteiger partial charge in [0.05, 0.1) is 7.11 Å². The Labute approximate surface area is 123 Å². The molecule has 4 heteroatoms. The van der Waals surface area contributed by atoms with Crippen LogP contribution < -0.4 is 9.47 Å². The van der Waals surface area contributed by atoms with Crippen molar-refractivity contribution in [2.75, 3.05) is 7.11 Å². The first-order valence-electron chi connectivity index (χ1n) is 6.58. The molecule has 0 atom stereocenters. The molecule has 3 nitrogen and oxygen atoms in total. The number of methoxy groups -OCH3 is 1. The standard InChI is InChI=1S/C17H17FO3/c1-11-9-13(12(2)19)7-8-15(11)21-10-14-5-4-6-16(20-3)17(14)18/h4-9H,10H2,1-3H3. The molecular weight excluding hydrogens is 271 g/mol. The van der Waals surface area contributed by atoms with Gasteiger partial charge in [0.1, 0.15) is 12.4 Å². The number of benzene rings is 2. The van der Waals surface area contributed by atoms with Crippen LogP contribution in [0.2, 0.25) is 0 Å². The predicted molar refractivity (Wildman–Crippen MR) is 78.5 cm³/mol. The Balaban J connectivity index is 2.15. The maximum absolute atomic E-state index is 14.0. The molecule has 2 aromatic carbocycles. The van der Waals surface area contributed by atoms with Crippen LogP contribution in [0.25, 0.3) is 0 Å². The first-order chi connectivity index (χ1) is 10.0. The zero-order chi connectivity index (χ0) is 15.4. The Morgan fingerprint density at radius 3 is 2.57 bits per heavy atom. The van der Waals surface area contributed by atoms with Gasteiger partial charge in [-0.05, 0) is 43.7 Å². The maximum Gasteiger partial charge on any atom is 0.171 e. The van der Waals surface area contributed by atoms with Crippen LogP contribution >= 0.6 is 0 Å². The van der Waals surface area contributed by atoms with Gasteiger partial charge in [0.15, 0.2) is 17.3 Å². The lowest BCUT2D eigenvalue weighted by molar-refractivity contribution is 0.101. The highest BCUT2D eigenvalue weighted by Gasteiger charge is 2.10. The summed E-state index contributed by atoms with van der Waals surface area (Å²) in [4.78, 5) is 11.3. The van der Waals surface area contributed by atoms with E-state index in [-0.39, 0.29) is 18.1 Å². The van der Waals surface area contributed by atoms with E-state index >= 15 is 0 Å². The lowest BCUT2D eigenvalue weighted by Gasteiger charge is -2.11. The van der Waals surface area contributed by atoms with Gasteiger partial charge < -0.3 is 9.47 Å². The van der Waals surface area contributed by atoms with Crippen LogP contribution in [0.1, 0.15) is 28.4 Å². The van der Waals surface area contributed by atoms with Crippen LogP contribution in [0.3, 0.4) is 0 Å². The lowest BCUT2D eigenvalue weighted by Crippen LogP contribution is -2.02. The van der Waals surface area contributed by atoms with E-state index in [1.807, 2.05) is 6.92 Å². The van der Waals surface area contributed by atoms with Gasteiger partial charge in [-0.25, -0.2) is 4.39 Å². The van der Waals surface area contributed by atoms with Crippen molar-refractivity contribution < 1.29 is 18.7 Å². The summed E-state index contributed by atoms with van der Waals surface area (Å²) in [6, 6.07) is 10.1. The van der Waals surface area contributed by atoms with Gasteiger partial charge in [0.25, 0.3) is 0 Å². The Morgan fingerprint density at radius 1 is 1.19 bits per heavy atom. The Morgan fingerprint density at radius 2 is 1.95 bits per heavy atom. The summed E-state index contributed by atoms with van der Waals surface area (Å²) in [5.41, 5.74) is 1.89. The second-order valence-corrected chi connectivity index (χ2v) is 4.76. The molecule has 0 fully saturated rings. The van der Waals surface area contributed by atoms with Gasteiger partial charge in [0.2, 0.25) is 0 Å². The zero-order valence-corrected chi connectivity index (χ0v) is 12.3. The van der Waals surface area contributed by atoms with E-state index in [2.05, 4.69) is 0 Å². The molecule has 0 aliphatic carbocycles. The summed E-state index contributed by atoms with van der Waals surface area (Å²) in [5, 5.41) is 0. The second kappa shape index (κ2) is 6.39. The third-order valence-corrected chi connectivity index (χ3v) is 3.23. The molecule has 0 saturated heterocycles. The molecule has 0 aromatic heterocycles. The number of ether oxygens (including phenoxy) is 2. The number of hydrogen-bond donors (Lipinski definition) is 0. The molecule has 0 amide bonds. The number of Topliss-reactive ketones (excluding diaryl/α,β-unsaturated/α-hetero) is 1. The van der Waals surface area contributed by atoms with Crippen LogP contribution in [-0.4, -0.2) is 12.9 Å². The predicted octanol–water partition coefficient (Wildman–Crippen LogP) is 3.92. The molecular formula is C17H17FO3. The maximum atomic E-state index is 14.0. The Kier molecular flexibility index (Phi) is 4.58. The van der Waals surface area contributed by atoms with Crippen LogP contribution in [0.15, 0.2) is 36.4 Å². The van der Waals surface area contributed by atoms with Crippen molar-refractivity contribution in [3.63, 3.8) is 0 Å². The van der Waals surface area contributed by atoms with Gasteiger partial charge >= 0.3 is 0 Å². The highest BCUT2D eigenvalue weighted by Crippen LogP contribution is 2.24. The normalized spacial score (nSPS) is 10.3. The van der Waals surface area contributed by atoms with E-state index in [9.17, 15) is 9.18 Å². The molecule has 0 bridgehead atoms. The van der Waals surface area contributed by atoms with Crippen molar-refractivity contribution >= 4 is 5.78 Å². The topological polar surface area (TPSA) is 35.5 Å². The number of hydrogen-bond acceptors (Lipinski definition) is 3. The Bertz CT molecular complexity index is 665. The highest BCUT2D eigenvalue weighted by molar-refractivity contribution is 5.94. The fourth-order valence-corrected chi connectivity index (χ4v) is 2.01. The molecule has 0 aliphatic heterocycles. The first kappa shape index (κ1) is 15.0. The van der Waals surface area contributed by atoms with Crippen LogP contribution in [-0.2, 0) is 6.61 Å². The van der Waals surface area contributed by atoms with E-state index in [1.54, 1.807) is 36.4 Å². The molecule has 2 aromatic rings. The average molecular weight is 288 g/mol. The van der Waals surface area contributed by atoms with Crippen molar-refractivity contribution in [3.05, 3.63) is 58.9 Å². The number of carbonyl (C=O) groups is 1. The van der Waals surface area contributed by atoms with E-state index in [0.29, 0.717) is 16.9 Å². The molecule has 21 heavy (non-hydrogen) atoms. The van der Waals surface area contributed by atoms with E-state index in [0.717, 1.165) is 5.56 Å². The largest absolute Gasteiger partial charge is 0.494 e. The van der Waals surface area contributed by atoms with Gasteiger partial charge in [-0.3, -0.25) is 4.79 Å². The minimum absolute atomic E-state index is 0.00323. The van der Waals surface area contributed by atoms with Crippen LogP contribution in [0, 0.1) is 12.7 Å². The van der Waals surface area contributed by atoms with Crippen molar-refractivity contribution in [2.45, 2.75) is 20.5 Å². The molecule has 2 rings (SSSR count). The summed E-state index contributed by atoms with van der Waals surface area (Å²) < 4.78 is 24.6. The molecule has 0 aliphatic rings. The number of aryl methyl sites for hydroxylation is 1. The van der Waals surface area contributed by atoms with Crippen molar-refractivity contribution in [2.24, 2.45) is 0 Å². The minimum atomic E-state index is -0.419. The third kappa shape index (κ3) is 3.40. The number of rotatable bonds is 5. The summed E-state index contributed by atoms with van der Waals surface area (Å²) in [7, 11) is 1.42. The molecule has 0 radical (unpaired) electrons. The fraction of sp³-hybridized carbons (Fsp3) is 0.235. The zero-order valence-electron chi connectivity index (χ0n) is 12.3. The summed E-state index contributed by atoms with van der Waals surface area (Å²) >= 11 is 0. The van der Waals surface area contributed by atoms with E-state index < -0.39 is 5.82 Å². The molecule has 0 heterocycles. The molecule has 110 valence electrons. The molecule has 0 spiro atoms. The van der Waals surface area contributed by atoms with Crippen molar-refractivity contribution in [1.82, 2.24) is 0 Å². The van der Waals surface area contributed by atoms with Crippen molar-refractivity contribution in [1.29, 1.82) is 0 Å². The quantitative estimate of drug-likeness (QED) is 0.782. The average Bonchev–Trinajstić information content (AvgIpc) is 2.47. The van der Waals surface area contributed by atoms with Gasteiger partial charge in [-0.1, -0.05) is 12.1 Å². The fourth-order valence-electron chi connectivity index (χ4n) is 2.01. The van der Waals surface area contributed by atoms with Gasteiger partial charge in [0, 0.05) is 11.1 Å². The monoisotopic (exact) mass is 288 g/mol. The molecule has 0 unspecified atom stereocenters. The van der Waals surface area contributed by atoms with E-state index in [4.69, 9.17) is 9.47 Å². The number of carbonyl (C=O) groups excluding carboxylic acids is 1. The van der Waals surface area contributed by atoms with Gasteiger partial charge in [-0.2, -0.15) is 0 Å². The SMILES string of the molecule is COc1cccc(COc2ccc(C(C)=O)cc2C)c1F. The third-order valence-electron chi connectivity index (χ3n) is 3.23. The summed E-state index contributed by atoms with van der Waals surface area (Å²) in [5.74, 6) is 0.406. The van der Waals surface area contributed by atoms with E-state index in [1.165, 1.54) is 14.0 Å². The number of halogens is 1. The van der Waals surface area contributed by atoms with Gasteiger partial charge in [-0.15, -0.1) is 0 Å². The lowest BCUT2D eigenvalue weighted by atomic mass is 10.1. The smallest absolute Gasteiger partial charge is 0.171 e. The molecule has 0 N–H and O–H groups in total. The van der Waals surface area contributed by atoms with Crippen molar-refractivity contribution in [3.8, 4) is 11.5 Å². The van der Waals surface area contributed by atoms with Crippen LogP contribution in [0.4, 0.5) is 4.39 Å². The minimum Gasteiger partial charge on any atom is -0.494 e. The number of ketones is 1. The summed E-state index contributed by atoms with van der Waals surface area (Å²) in [6.07, 6.45) is 0. The second-order valence-electron chi connectivity index (χ2n) is 4.76. The Hall–Kier alpha value is -2.36. The summed E-state index contributed by atoms with van der Waals surface area (Å²) in [6.45, 7) is 3.47. The highest BCUT2D eigenvalue weighted by atomic mass is 19.1. The first-order valence-corrected chi connectivity index (χ1v) is 6.58.